The van der Waals surface area contributed by atoms with Gasteiger partial charge in [0.1, 0.15) is 0 Å². The molecule has 0 fully saturated rings. The van der Waals surface area contributed by atoms with Crippen molar-refractivity contribution < 1.29 is 53.5 Å². The molecule has 0 rings (SSSR count). The Morgan fingerprint density at radius 1 is 0.786 bits per heavy atom. The second-order valence-corrected chi connectivity index (χ2v) is 0.699. The molecule has 14 heavy (non-hydrogen) atoms. The first-order chi connectivity index (χ1) is 5.20. The molecule has 0 bridgehead atoms. The van der Waals surface area contributed by atoms with Crippen molar-refractivity contribution in [2.24, 2.45) is 0 Å². The van der Waals surface area contributed by atoms with Crippen LogP contribution >= 0.6 is 0 Å². The van der Waals surface area contributed by atoms with Crippen molar-refractivity contribution in [3.8, 4) is 0 Å². The smallest absolute Gasteiger partial charge is 0.412 e. The average Bonchev–Trinajstić information content (AvgIpc) is 1.54. The number of hydrogen-bond donors (Lipinski definition) is 2. The molecule has 0 heterocycles. The number of rotatable bonds is 0. The predicted octanol–water partition coefficient (Wildman–Crippen LogP) is -1.76. The van der Waals surface area contributed by atoms with E-state index in [4.69, 9.17) is 46.0 Å². The van der Waals surface area contributed by atoms with Crippen LogP contribution in [0, 0.1) is 35.6 Å². The van der Waals surface area contributed by atoms with Gasteiger partial charge in [0, 0.05) is 0 Å². The molecule has 0 saturated heterocycles. The normalized spacial score (nSPS) is 5.14. The predicted molar refractivity (Wildman–Crippen MR) is 31.5 cm³/mol. The van der Waals surface area contributed by atoms with Crippen molar-refractivity contribution >= 4 is 0 Å². The van der Waals surface area contributed by atoms with Crippen LogP contribution in [-0.2, 0) is 22.4 Å². The maximum Gasteiger partial charge on any atom is 1.00 e. The van der Waals surface area contributed by atoms with Crippen molar-refractivity contribution in [1.82, 2.24) is 0 Å². The van der Waals surface area contributed by atoms with Gasteiger partial charge < -0.3 is 31.2 Å². The van der Waals surface area contributed by atoms with Crippen LogP contribution in [0.1, 0.15) is 0 Å². The average molecular weight is 314 g/mol. The fourth-order valence-electron chi connectivity index (χ4n) is 0. The van der Waals surface area contributed by atoms with Gasteiger partial charge in [-0.25, -0.2) is 0 Å². The zero-order valence-electron chi connectivity index (χ0n) is 5.90. The molecule has 0 radical (unpaired) electrons. The Kier molecular flexibility index (Phi) is 47.4. The summed E-state index contributed by atoms with van der Waals surface area (Å²) in [7, 11) is 0. The van der Waals surface area contributed by atoms with Crippen molar-refractivity contribution in [1.29, 1.82) is 0 Å². The third-order valence-corrected chi connectivity index (χ3v) is 0. The minimum atomic E-state index is -1.75. The van der Waals surface area contributed by atoms with Crippen molar-refractivity contribution in [3.05, 3.63) is 35.6 Å². The van der Waals surface area contributed by atoms with Crippen LogP contribution in [0.5, 0.6) is 0 Å². The van der Waals surface area contributed by atoms with Gasteiger partial charge in [-0.05, 0) is 0 Å². The summed E-state index contributed by atoms with van der Waals surface area (Å²) < 4.78 is 0. The van der Waals surface area contributed by atoms with Gasteiger partial charge in [-0.1, -0.05) is 0 Å². The van der Waals surface area contributed by atoms with E-state index in [2.05, 4.69) is 0 Å². The molecule has 4 N–H and O–H groups in total. The first kappa shape index (κ1) is 29.5. The number of nitrogens with zero attached hydrogens (tertiary/aromatic N) is 3. The Bertz CT molecular complexity index is 113. The summed E-state index contributed by atoms with van der Waals surface area (Å²) in [6.45, 7) is 0. The summed E-state index contributed by atoms with van der Waals surface area (Å²) >= 11 is 0. The molecular weight excluding hydrogens is 310 g/mol. The molecule has 0 unspecified atom stereocenters. The van der Waals surface area contributed by atoms with E-state index in [0.717, 1.165) is 0 Å². The van der Waals surface area contributed by atoms with Crippen molar-refractivity contribution in [2.45, 2.75) is 0 Å². The van der Waals surface area contributed by atoms with Crippen LogP contribution in [0.25, 0.3) is 0 Å². The fraction of sp³-hybridized carbons (Fsp3) is 0. The Labute approximate surface area is 89.7 Å². The van der Waals surface area contributed by atoms with Crippen LogP contribution in [0.3, 0.4) is 0 Å². The minimum Gasteiger partial charge on any atom is -0.412 e. The summed E-state index contributed by atoms with van der Waals surface area (Å²) in [6.07, 6.45) is 0. The van der Waals surface area contributed by atoms with Crippen LogP contribution < -0.4 is 0 Å². The molecule has 0 aliphatic rings. The third-order valence-electron chi connectivity index (χ3n) is 0. The first-order valence-corrected chi connectivity index (χ1v) is 1.68. The van der Waals surface area contributed by atoms with Crippen LogP contribution in [0.2, 0.25) is 0 Å². The Balaban J connectivity index is -0.0000000270. The molecule has 0 aromatic carbocycles. The maximum atomic E-state index is 8.36. The molecule has 0 aliphatic carbocycles. The maximum absolute atomic E-state index is 8.36. The van der Waals surface area contributed by atoms with Gasteiger partial charge in [0.25, 0.3) is 10.2 Å². The molecular formula is H4AgN3O10. The Morgan fingerprint density at radius 3 is 0.786 bits per heavy atom. The van der Waals surface area contributed by atoms with Gasteiger partial charge in [0.05, 0.1) is 5.09 Å². The number of hydrogen-bond acceptors (Lipinski definition) is 7. The zero-order chi connectivity index (χ0) is 10.7. The van der Waals surface area contributed by atoms with E-state index < -0.39 is 15.3 Å². The molecule has 0 saturated carbocycles. The molecule has 0 atom stereocenters. The van der Waals surface area contributed by atoms with Gasteiger partial charge in [0.15, 0.2) is 0 Å². The molecule has 0 aliphatic heterocycles. The van der Waals surface area contributed by atoms with Gasteiger partial charge in [-0.2, -0.15) is 0 Å². The first-order valence-electron chi connectivity index (χ1n) is 1.68. The molecule has 90 valence electrons. The van der Waals surface area contributed by atoms with E-state index in [1.54, 1.807) is 0 Å². The molecule has 0 spiro atoms. The van der Waals surface area contributed by atoms with Gasteiger partial charge in [-0.3, -0.25) is 0 Å². The summed E-state index contributed by atoms with van der Waals surface area (Å²) in [5.41, 5.74) is 0. The fourth-order valence-corrected chi connectivity index (χ4v) is 0. The molecule has 0 aromatic rings. The van der Waals surface area contributed by atoms with Gasteiger partial charge in [0.2, 0.25) is 0 Å². The topological polar surface area (TPSA) is 224 Å². The quantitative estimate of drug-likeness (QED) is 0.292. The summed E-state index contributed by atoms with van der Waals surface area (Å²) in [6, 6.07) is 0. The largest absolute Gasteiger partial charge is 1.00 e. The molecule has 13 nitrogen and oxygen atoms in total. The van der Waals surface area contributed by atoms with Gasteiger partial charge in [-0.15, -0.1) is 20.2 Å². The summed E-state index contributed by atoms with van der Waals surface area (Å²) in [4.78, 5) is 25.0. The summed E-state index contributed by atoms with van der Waals surface area (Å²) in [5.74, 6) is 0. The standard InChI is InChI=1S/Ag.2HNO3.NO3.H2O/c;3*2-1(3)4;/h;2*(H,2,3,4);;1H2/q+1;;;-1;. The molecule has 14 heteroatoms. The Morgan fingerprint density at radius 2 is 0.786 bits per heavy atom. The van der Waals surface area contributed by atoms with E-state index in [0.29, 0.717) is 0 Å². The van der Waals surface area contributed by atoms with Crippen LogP contribution in [0.15, 0.2) is 0 Å². The molecule has 0 amide bonds. The monoisotopic (exact) mass is 313 g/mol. The second-order valence-electron chi connectivity index (χ2n) is 0.699. The SMILES string of the molecule is O.O=[N+]([O-])O.O=[N+]([O-])O.O=[N+]([O-])[O-].[Ag+]. The summed E-state index contributed by atoms with van der Waals surface area (Å²) in [5, 5.41) is 42.0. The third kappa shape index (κ3) is 308. The molecule has 0 aromatic heterocycles. The van der Waals surface area contributed by atoms with E-state index in [9.17, 15) is 0 Å². The van der Waals surface area contributed by atoms with Crippen molar-refractivity contribution in [3.63, 3.8) is 0 Å². The Hall–Kier alpha value is -1.70. The minimum absolute atomic E-state index is 0. The van der Waals surface area contributed by atoms with E-state index in [-0.39, 0.29) is 27.9 Å². The van der Waals surface area contributed by atoms with Gasteiger partial charge >= 0.3 is 22.4 Å². The van der Waals surface area contributed by atoms with E-state index in [1.165, 1.54) is 0 Å². The second kappa shape index (κ2) is 22.5. The van der Waals surface area contributed by atoms with Crippen LogP contribution in [0.4, 0.5) is 0 Å². The van der Waals surface area contributed by atoms with E-state index in [1.807, 2.05) is 0 Å². The van der Waals surface area contributed by atoms with E-state index >= 15 is 0 Å². The van der Waals surface area contributed by atoms with Crippen LogP contribution in [-0.4, -0.2) is 31.2 Å². The van der Waals surface area contributed by atoms with Crippen molar-refractivity contribution in [2.75, 3.05) is 0 Å². The zero-order valence-corrected chi connectivity index (χ0v) is 7.38.